The number of rotatable bonds is 2. The van der Waals surface area contributed by atoms with Crippen LogP contribution < -0.4 is 10.4 Å². The van der Waals surface area contributed by atoms with Crippen molar-refractivity contribution in [1.29, 1.82) is 0 Å². The molecule has 0 saturated carbocycles. The van der Waals surface area contributed by atoms with Gasteiger partial charge in [0, 0.05) is 0 Å². The summed E-state index contributed by atoms with van der Waals surface area (Å²) < 4.78 is 0. The number of hydrogen-bond donors (Lipinski definition) is 0. The van der Waals surface area contributed by atoms with Gasteiger partial charge in [0.25, 0.3) is 0 Å². The topological polar surface area (TPSA) is 31.5 Å². The van der Waals surface area contributed by atoms with E-state index in [-0.39, 0.29) is 5.48 Å². The van der Waals surface area contributed by atoms with E-state index in [2.05, 4.69) is 81.4 Å². The Hall–Kier alpha value is -1.38. The van der Waals surface area contributed by atoms with Gasteiger partial charge in [-0.05, 0) is 5.04 Å². The molecule has 0 fully saturated rings. The predicted octanol–water partition coefficient (Wildman–Crippen LogP) is 2.27. The van der Waals surface area contributed by atoms with Crippen LogP contribution in [0.3, 0.4) is 0 Å². The molecule has 0 aliphatic rings. The Morgan fingerprint density at radius 3 is 1.28 bits per heavy atom. The predicted molar refractivity (Wildman–Crippen MR) is 81.2 cm³/mol. The van der Waals surface area contributed by atoms with Crippen molar-refractivity contribution < 1.29 is 5.48 Å². The summed E-state index contributed by atoms with van der Waals surface area (Å²) >= 11 is 0. The van der Waals surface area contributed by atoms with E-state index in [1.54, 1.807) is 0 Å². The molecule has 95 valence electrons. The molecule has 2 heteroatoms. The SMILES string of the molecule is CC(C)(C)[Si](c1ccccc1)c1ccccc1.O. The summed E-state index contributed by atoms with van der Waals surface area (Å²) in [4.78, 5) is 0. The van der Waals surface area contributed by atoms with Crippen molar-refractivity contribution in [1.82, 2.24) is 0 Å². The fourth-order valence-electron chi connectivity index (χ4n) is 2.24. The second-order valence-electron chi connectivity index (χ2n) is 5.36. The van der Waals surface area contributed by atoms with E-state index in [4.69, 9.17) is 0 Å². The van der Waals surface area contributed by atoms with Crippen LogP contribution in [0.1, 0.15) is 20.8 Å². The summed E-state index contributed by atoms with van der Waals surface area (Å²) in [6, 6.07) is 21.9. The lowest BCUT2D eigenvalue weighted by Crippen LogP contribution is -2.48. The molecule has 2 N–H and O–H groups in total. The third-order valence-electron chi connectivity index (χ3n) is 2.87. The molecule has 0 atom stereocenters. The molecule has 18 heavy (non-hydrogen) atoms. The highest BCUT2D eigenvalue weighted by Crippen LogP contribution is 2.26. The van der Waals surface area contributed by atoms with Gasteiger partial charge in [-0.1, -0.05) is 91.8 Å². The molecule has 2 rings (SSSR count). The smallest absolute Gasteiger partial charge is 0.126 e. The normalized spacial score (nSPS) is 11.1. The Labute approximate surface area is 111 Å². The fourth-order valence-corrected chi connectivity index (χ4v) is 5.36. The fraction of sp³-hybridized carbons (Fsp3) is 0.250. The van der Waals surface area contributed by atoms with Gasteiger partial charge < -0.3 is 5.48 Å². The molecule has 2 aromatic carbocycles. The second kappa shape index (κ2) is 5.98. The molecule has 0 aliphatic carbocycles. The summed E-state index contributed by atoms with van der Waals surface area (Å²) in [5, 5.41) is 3.32. The minimum Gasteiger partial charge on any atom is -0.412 e. The molecule has 1 radical (unpaired) electrons. The van der Waals surface area contributed by atoms with Crippen LogP contribution in [0.25, 0.3) is 0 Å². The Bertz CT molecular complexity index is 420. The molecule has 2 aromatic rings. The van der Waals surface area contributed by atoms with Crippen molar-refractivity contribution in [2.45, 2.75) is 25.8 Å². The lowest BCUT2D eigenvalue weighted by Gasteiger charge is -2.29. The first-order valence-corrected chi connectivity index (χ1v) is 7.57. The molecule has 0 bridgehead atoms. The summed E-state index contributed by atoms with van der Waals surface area (Å²) in [6.07, 6.45) is 0. The maximum atomic E-state index is 2.35. The van der Waals surface area contributed by atoms with E-state index in [1.807, 2.05) is 0 Å². The van der Waals surface area contributed by atoms with E-state index in [9.17, 15) is 0 Å². The van der Waals surface area contributed by atoms with Crippen LogP contribution in [-0.2, 0) is 0 Å². The molecular formula is C16H21OSi. The molecule has 0 unspecified atom stereocenters. The highest BCUT2D eigenvalue weighted by molar-refractivity contribution is 6.87. The van der Waals surface area contributed by atoms with E-state index in [0.29, 0.717) is 5.04 Å². The van der Waals surface area contributed by atoms with Crippen molar-refractivity contribution in [2.75, 3.05) is 0 Å². The zero-order chi connectivity index (χ0) is 12.3. The van der Waals surface area contributed by atoms with E-state index in [1.165, 1.54) is 10.4 Å². The van der Waals surface area contributed by atoms with Gasteiger partial charge in [0.2, 0.25) is 0 Å². The Morgan fingerprint density at radius 2 is 1.00 bits per heavy atom. The first kappa shape index (κ1) is 14.7. The van der Waals surface area contributed by atoms with Gasteiger partial charge in [-0.3, -0.25) is 0 Å². The average Bonchev–Trinajstić information content (AvgIpc) is 2.30. The molecule has 0 saturated heterocycles. The monoisotopic (exact) mass is 257 g/mol. The van der Waals surface area contributed by atoms with Crippen LogP contribution in [0.15, 0.2) is 60.7 Å². The van der Waals surface area contributed by atoms with Gasteiger partial charge in [0.15, 0.2) is 0 Å². The molecule has 0 heterocycles. The van der Waals surface area contributed by atoms with E-state index in [0.717, 1.165) is 0 Å². The van der Waals surface area contributed by atoms with Crippen molar-refractivity contribution in [2.24, 2.45) is 0 Å². The van der Waals surface area contributed by atoms with Gasteiger partial charge in [0.05, 0.1) is 0 Å². The highest BCUT2D eigenvalue weighted by atomic mass is 28.3. The van der Waals surface area contributed by atoms with Crippen LogP contribution in [0.5, 0.6) is 0 Å². The lowest BCUT2D eigenvalue weighted by atomic mass is 10.2. The molecule has 0 amide bonds. The first-order chi connectivity index (χ1) is 8.09. The van der Waals surface area contributed by atoms with E-state index >= 15 is 0 Å². The van der Waals surface area contributed by atoms with Gasteiger partial charge in [0.1, 0.15) is 8.80 Å². The van der Waals surface area contributed by atoms with Crippen molar-refractivity contribution in [3.8, 4) is 0 Å². The van der Waals surface area contributed by atoms with Crippen LogP contribution >= 0.6 is 0 Å². The quantitative estimate of drug-likeness (QED) is 0.739. The zero-order valence-corrected chi connectivity index (χ0v) is 12.3. The van der Waals surface area contributed by atoms with Crippen molar-refractivity contribution in [3.05, 3.63) is 60.7 Å². The second-order valence-corrected chi connectivity index (χ2v) is 8.76. The minimum atomic E-state index is -0.715. The average molecular weight is 257 g/mol. The maximum Gasteiger partial charge on any atom is 0.126 e. The first-order valence-electron chi connectivity index (χ1n) is 6.07. The van der Waals surface area contributed by atoms with Crippen molar-refractivity contribution >= 4 is 19.2 Å². The molecule has 0 spiro atoms. The molecular weight excluding hydrogens is 236 g/mol. The van der Waals surface area contributed by atoms with E-state index < -0.39 is 8.80 Å². The van der Waals surface area contributed by atoms with Crippen LogP contribution in [0.4, 0.5) is 0 Å². The Morgan fingerprint density at radius 1 is 0.667 bits per heavy atom. The van der Waals surface area contributed by atoms with Gasteiger partial charge in [-0.25, -0.2) is 0 Å². The third kappa shape index (κ3) is 3.31. The molecule has 0 aromatic heterocycles. The zero-order valence-electron chi connectivity index (χ0n) is 11.3. The standard InChI is InChI=1S/C16H19Si.H2O/c1-16(2,3)17(14-10-6-4-7-11-14)15-12-8-5-9-13-15;/h4-13H,1-3H3;1H2. The van der Waals surface area contributed by atoms with Crippen molar-refractivity contribution in [3.63, 3.8) is 0 Å². The van der Waals surface area contributed by atoms with Gasteiger partial charge in [-0.15, -0.1) is 0 Å². The van der Waals surface area contributed by atoms with Gasteiger partial charge in [-0.2, -0.15) is 0 Å². The van der Waals surface area contributed by atoms with Crippen LogP contribution in [-0.4, -0.2) is 14.3 Å². The summed E-state index contributed by atoms with van der Waals surface area (Å²) in [6.45, 7) is 7.05. The van der Waals surface area contributed by atoms with Crippen LogP contribution in [0, 0.1) is 0 Å². The van der Waals surface area contributed by atoms with Gasteiger partial charge >= 0.3 is 0 Å². The third-order valence-corrected chi connectivity index (χ3v) is 6.20. The highest BCUT2D eigenvalue weighted by Gasteiger charge is 2.29. The largest absolute Gasteiger partial charge is 0.412 e. The number of hydrogen-bond acceptors (Lipinski definition) is 0. The van der Waals surface area contributed by atoms with Crippen LogP contribution in [0.2, 0.25) is 5.04 Å². The summed E-state index contributed by atoms with van der Waals surface area (Å²) in [5.74, 6) is 0. The minimum absolute atomic E-state index is 0. The Balaban J connectivity index is 0.00000162. The number of benzene rings is 2. The maximum absolute atomic E-state index is 2.35. The lowest BCUT2D eigenvalue weighted by molar-refractivity contribution is 0.750. The Kier molecular flexibility index (Phi) is 4.88. The summed E-state index contributed by atoms with van der Waals surface area (Å²) in [7, 11) is -0.715. The summed E-state index contributed by atoms with van der Waals surface area (Å²) in [5.41, 5.74) is 0. The molecule has 0 aliphatic heterocycles. The molecule has 1 nitrogen and oxygen atoms in total.